The zero-order chi connectivity index (χ0) is 17.1. The van der Waals surface area contributed by atoms with Crippen molar-refractivity contribution in [3.63, 3.8) is 0 Å². The van der Waals surface area contributed by atoms with Crippen LogP contribution < -0.4 is 0 Å². The number of aromatic amines is 1. The fraction of sp³-hybridized carbons (Fsp3) is 0.158. The Morgan fingerprint density at radius 2 is 1.71 bits per heavy atom. The smallest absolute Gasteiger partial charge is 0.340 e. The van der Waals surface area contributed by atoms with Crippen molar-refractivity contribution in [1.29, 1.82) is 0 Å². The molecule has 0 unspecified atom stereocenters. The maximum atomic E-state index is 12.0. The van der Waals surface area contributed by atoms with Gasteiger partial charge in [-0.05, 0) is 29.7 Å². The summed E-state index contributed by atoms with van der Waals surface area (Å²) in [6.45, 7) is 0. The molecule has 0 aliphatic heterocycles. The molecule has 1 N–H and O–H groups in total. The quantitative estimate of drug-likeness (QED) is 0.748. The molecule has 24 heavy (non-hydrogen) atoms. The Hall–Kier alpha value is -3.08. The highest BCUT2D eigenvalue weighted by atomic mass is 16.5. The number of benzene rings is 2. The molecule has 0 atom stereocenters. The second-order valence-corrected chi connectivity index (χ2v) is 5.41. The number of carbonyl (C=O) groups excluding carboxylic acids is 2. The second kappa shape index (κ2) is 6.58. The molecule has 3 rings (SSSR count). The lowest BCUT2D eigenvalue weighted by atomic mass is 9.97. The largest absolute Gasteiger partial charge is 0.465 e. The number of hydrogen-bond acceptors (Lipinski definition) is 4. The SMILES string of the molecule is COC(=O)c1cc(Cc2ccccc2)c2c(C(=O)OC)c[nH]c2c1. The van der Waals surface area contributed by atoms with E-state index in [-0.39, 0.29) is 0 Å². The van der Waals surface area contributed by atoms with Crippen molar-refractivity contribution in [3.05, 3.63) is 70.9 Å². The Kier molecular flexibility index (Phi) is 4.33. The maximum Gasteiger partial charge on any atom is 0.340 e. The number of hydrogen-bond donors (Lipinski definition) is 1. The average molecular weight is 323 g/mol. The van der Waals surface area contributed by atoms with Gasteiger partial charge in [0.2, 0.25) is 0 Å². The van der Waals surface area contributed by atoms with Crippen LogP contribution in [-0.2, 0) is 15.9 Å². The Balaban J connectivity index is 2.19. The predicted octanol–water partition coefficient (Wildman–Crippen LogP) is 3.33. The molecular formula is C19H17NO4. The van der Waals surface area contributed by atoms with E-state index in [2.05, 4.69) is 4.98 Å². The van der Waals surface area contributed by atoms with Gasteiger partial charge in [0.25, 0.3) is 0 Å². The summed E-state index contributed by atoms with van der Waals surface area (Å²) in [6.07, 6.45) is 2.19. The van der Waals surface area contributed by atoms with E-state index in [1.165, 1.54) is 14.2 Å². The van der Waals surface area contributed by atoms with Gasteiger partial charge in [-0.3, -0.25) is 0 Å². The van der Waals surface area contributed by atoms with Crippen LogP contribution in [0.25, 0.3) is 10.9 Å². The van der Waals surface area contributed by atoms with Crippen LogP contribution in [0, 0.1) is 0 Å². The molecule has 3 aromatic rings. The number of ether oxygens (including phenoxy) is 2. The zero-order valence-corrected chi connectivity index (χ0v) is 13.5. The molecular weight excluding hydrogens is 306 g/mol. The zero-order valence-electron chi connectivity index (χ0n) is 13.5. The van der Waals surface area contributed by atoms with Crippen LogP contribution in [-0.4, -0.2) is 31.1 Å². The van der Waals surface area contributed by atoms with Gasteiger partial charge in [0.05, 0.1) is 25.3 Å². The van der Waals surface area contributed by atoms with Gasteiger partial charge in [-0.2, -0.15) is 0 Å². The molecule has 0 aliphatic carbocycles. The van der Waals surface area contributed by atoms with E-state index in [0.29, 0.717) is 23.1 Å². The van der Waals surface area contributed by atoms with Gasteiger partial charge in [0.15, 0.2) is 0 Å². The summed E-state index contributed by atoms with van der Waals surface area (Å²) in [5.74, 6) is -0.832. The van der Waals surface area contributed by atoms with Crippen molar-refractivity contribution in [2.75, 3.05) is 14.2 Å². The third-order valence-corrected chi connectivity index (χ3v) is 3.93. The van der Waals surface area contributed by atoms with E-state index >= 15 is 0 Å². The number of rotatable bonds is 4. The summed E-state index contributed by atoms with van der Waals surface area (Å²) in [4.78, 5) is 27.0. The standard InChI is InChI=1S/C19H17NO4/c1-23-18(21)14-9-13(8-12-6-4-3-5-7-12)17-15(19(22)24-2)11-20-16(17)10-14/h3-7,9-11,20H,8H2,1-2H3. The molecule has 0 aliphatic rings. The first-order chi connectivity index (χ1) is 11.6. The lowest BCUT2D eigenvalue weighted by Crippen LogP contribution is -2.05. The first kappa shape index (κ1) is 15.8. The fourth-order valence-electron chi connectivity index (χ4n) is 2.82. The minimum Gasteiger partial charge on any atom is -0.465 e. The third kappa shape index (κ3) is 2.88. The molecule has 5 nitrogen and oxygen atoms in total. The van der Waals surface area contributed by atoms with Crippen LogP contribution in [0.3, 0.4) is 0 Å². The monoisotopic (exact) mass is 323 g/mol. The highest BCUT2D eigenvalue weighted by Crippen LogP contribution is 2.27. The molecule has 0 bridgehead atoms. The average Bonchev–Trinajstić information content (AvgIpc) is 3.05. The van der Waals surface area contributed by atoms with Gasteiger partial charge in [0.1, 0.15) is 0 Å². The number of carbonyl (C=O) groups is 2. The third-order valence-electron chi connectivity index (χ3n) is 3.93. The van der Waals surface area contributed by atoms with E-state index in [9.17, 15) is 9.59 Å². The lowest BCUT2D eigenvalue weighted by Gasteiger charge is -2.09. The predicted molar refractivity (Wildman–Crippen MR) is 90.2 cm³/mol. The molecule has 122 valence electrons. The van der Waals surface area contributed by atoms with Crippen molar-refractivity contribution in [2.45, 2.75) is 6.42 Å². The number of nitrogens with one attached hydrogen (secondary N) is 1. The summed E-state index contributed by atoms with van der Waals surface area (Å²) in [5.41, 5.74) is 3.53. The minimum atomic E-state index is -0.416. The van der Waals surface area contributed by atoms with Crippen LogP contribution in [0.2, 0.25) is 0 Å². The van der Waals surface area contributed by atoms with Gasteiger partial charge >= 0.3 is 11.9 Å². The van der Waals surface area contributed by atoms with Crippen molar-refractivity contribution < 1.29 is 19.1 Å². The number of fused-ring (bicyclic) bond motifs is 1. The molecule has 2 aromatic carbocycles. The van der Waals surface area contributed by atoms with Crippen LogP contribution in [0.4, 0.5) is 0 Å². The fourth-order valence-corrected chi connectivity index (χ4v) is 2.82. The molecule has 0 saturated heterocycles. The number of H-pyrrole nitrogens is 1. The molecule has 1 heterocycles. The molecule has 1 aromatic heterocycles. The van der Waals surface area contributed by atoms with Crippen molar-refractivity contribution in [1.82, 2.24) is 4.98 Å². The number of esters is 2. The Bertz CT molecular complexity index is 896. The van der Waals surface area contributed by atoms with Crippen molar-refractivity contribution in [2.24, 2.45) is 0 Å². The summed E-state index contributed by atoms with van der Waals surface area (Å²) in [7, 11) is 2.69. The summed E-state index contributed by atoms with van der Waals surface area (Å²) >= 11 is 0. The highest BCUT2D eigenvalue weighted by Gasteiger charge is 2.19. The molecule has 0 amide bonds. The van der Waals surface area contributed by atoms with Crippen LogP contribution in [0.1, 0.15) is 31.8 Å². The van der Waals surface area contributed by atoms with Gasteiger partial charge in [0, 0.05) is 17.1 Å². The molecule has 0 fully saturated rings. The van der Waals surface area contributed by atoms with Gasteiger partial charge in [-0.15, -0.1) is 0 Å². The first-order valence-electron chi connectivity index (χ1n) is 7.48. The normalized spacial score (nSPS) is 10.6. The Labute approximate surface area is 139 Å². The topological polar surface area (TPSA) is 68.4 Å². The van der Waals surface area contributed by atoms with Gasteiger partial charge < -0.3 is 14.5 Å². The summed E-state index contributed by atoms with van der Waals surface area (Å²) in [6, 6.07) is 13.3. The van der Waals surface area contributed by atoms with Gasteiger partial charge in [-0.1, -0.05) is 30.3 Å². The highest BCUT2D eigenvalue weighted by molar-refractivity contribution is 6.07. The van der Waals surface area contributed by atoms with E-state index in [1.54, 1.807) is 18.3 Å². The Morgan fingerprint density at radius 1 is 1.00 bits per heavy atom. The van der Waals surface area contributed by atoms with Crippen LogP contribution in [0.15, 0.2) is 48.7 Å². The number of methoxy groups -OCH3 is 2. The van der Waals surface area contributed by atoms with E-state index < -0.39 is 11.9 Å². The summed E-state index contributed by atoms with van der Waals surface area (Å²) < 4.78 is 9.68. The minimum absolute atomic E-state index is 0.415. The number of aromatic nitrogens is 1. The first-order valence-corrected chi connectivity index (χ1v) is 7.48. The van der Waals surface area contributed by atoms with E-state index in [1.807, 2.05) is 30.3 Å². The molecule has 5 heteroatoms. The lowest BCUT2D eigenvalue weighted by molar-refractivity contribution is 0.0593. The molecule has 0 spiro atoms. The molecule has 0 radical (unpaired) electrons. The van der Waals surface area contributed by atoms with Crippen molar-refractivity contribution >= 4 is 22.8 Å². The maximum absolute atomic E-state index is 12.0. The van der Waals surface area contributed by atoms with E-state index in [0.717, 1.165) is 16.5 Å². The second-order valence-electron chi connectivity index (χ2n) is 5.41. The van der Waals surface area contributed by atoms with Crippen molar-refractivity contribution in [3.8, 4) is 0 Å². The van der Waals surface area contributed by atoms with Gasteiger partial charge in [-0.25, -0.2) is 9.59 Å². The Morgan fingerprint density at radius 3 is 2.38 bits per heavy atom. The molecule has 0 saturated carbocycles. The summed E-state index contributed by atoms with van der Waals surface area (Å²) in [5, 5.41) is 0.762. The van der Waals surface area contributed by atoms with Crippen LogP contribution in [0.5, 0.6) is 0 Å². The van der Waals surface area contributed by atoms with Crippen LogP contribution >= 0.6 is 0 Å². The van der Waals surface area contributed by atoms with E-state index in [4.69, 9.17) is 9.47 Å².